The van der Waals surface area contributed by atoms with Crippen LogP contribution in [-0.4, -0.2) is 35.1 Å². The van der Waals surface area contributed by atoms with E-state index in [1.807, 2.05) is 0 Å². The fourth-order valence-electron chi connectivity index (χ4n) is 2.24. The zero-order valence-electron chi connectivity index (χ0n) is 12.8. The first kappa shape index (κ1) is 17.3. The summed E-state index contributed by atoms with van der Waals surface area (Å²) >= 11 is 5.85. The maximum Gasteiger partial charge on any atom is 0.417 e. The Morgan fingerprint density at radius 3 is 2.64 bits per heavy atom. The minimum absolute atomic E-state index is 0.0906. The molecule has 1 saturated heterocycles. The van der Waals surface area contributed by atoms with E-state index < -0.39 is 11.7 Å². The zero-order chi connectivity index (χ0) is 18.0. The summed E-state index contributed by atoms with van der Waals surface area (Å²) in [7, 11) is 0. The molecule has 1 N–H and O–H groups in total. The number of likely N-dealkylation sites (tertiary alicyclic amines) is 1. The molecule has 1 aromatic carbocycles. The highest BCUT2D eigenvalue weighted by Crippen LogP contribution is 2.29. The van der Waals surface area contributed by atoms with Crippen LogP contribution in [0.25, 0.3) is 0 Å². The number of urea groups is 1. The molecule has 0 atom stereocenters. The third kappa shape index (κ3) is 4.33. The van der Waals surface area contributed by atoms with Crippen molar-refractivity contribution in [3.8, 4) is 5.88 Å². The van der Waals surface area contributed by atoms with Crippen molar-refractivity contribution in [2.75, 3.05) is 18.4 Å². The summed E-state index contributed by atoms with van der Waals surface area (Å²) in [6.45, 7) is 0.629. The number of aromatic nitrogens is 1. The number of carbonyl (C=O) groups is 1. The van der Waals surface area contributed by atoms with Gasteiger partial charge in [-0.2, -0.15) is 13.2 Å². The van der Waals surface area contributed by atoms with Crippen molar-refractivity contribution in [1.82, 2.24) is 9.88 Å². The van der Waals surface area contributed by atoms with Crippen molar-refractivity contribution in [2.45, 2.75) is 12.3 Å². The van der Waals surface area contributed by atoms with Crippen LogP contribution < -0.4 is 10.1 Å². The van der Waals surface area contributed by atoms with Gasteiger partial charge in [-0.1, -0.05) is 17.7 Å². The molecule has 1 fully saturated rings. The van der Waals surface area contributed by atoms with E-state index in [0.717, 1.165) is 18.3 Å². The summed E-state index contributed by atoms with van der Waals surface area (Å²) in [6.07, 6.45) is -4.02. The van der Waals surface area contributed by atoms with E-state index in [9.17, 15) is 18.0 Å². The van der Waals surface area contributed by atoms with Gasteiger partial charge in [0, 0.05) is 23.0 Å². The van der Waals surface area contributed by atoms with Gasteiger partial charge in [0.1, 0.15) is 6.10 Å². The molecule has 3 rings (SSSR count). The Morgan fingerprint density at radius 1 is 1.28 bits per heavy atom. The average Bonchev–Trinajstić information content (AvgIpc) is 2.50. The number of hydrogen-bond acceptors (Lipinski definition) is 3. The quantitative estimate of drug-likeness (QED) is 0.885. The van der Waals surface area contributed by atoms with Crippen LogP contribution in [0.5, 0.6) is 5.88 Å². The number of ether oxygens (including phenoxy) is 1. The molecule has 2 amide bonds. The molecule has 9 heteroatoms. The molecule has 2 aromatic rings. The lowest BCUT2D eigenvalue weighted by molar-refractivity contribution is -0.137. The molecule has 1 aromatic heterocycles. The molecule has 5 nitrogen and oxygen atoms in total. The smallest absolute Gasteiger partial charge is 0.417 e. The van der Waals surface area contributed by atoms with Crippen LogP contribution in [0.15, 0.2) is 42.6 Å². The molecular weight excluding hydrogens is 359 g/mol. The molecule has 0 unspecified atom stereocenters. The van der Waals surface area contributed by atoms with E-state index in [1.54, 1.807) is 24.3 Å². The lowest BCUT2D eigenvalue weighted by atomic mass is 10.2. The molecule has 25 heavy (non-hydrogen) atoms. The number of alkyl halides is 3. The van der Waals surface area contributed by atoms with Crippen molar-refractivity contribution in [3.63, 3.8) is 0 Å². The van der Waals surface area contributed by atoms with Gasteiger partial charge in [-0.3, -0.25) is 0 Å². The SMILES string of the molecule is O=C(Nc1cccc(Cl)c1)N1CC(Oc2ccc(C(F)(F)F)cn2)C1. The van der Waals surface area contributed by atoms with Gasteiger partial charge in [-0.15, -0.1) is 0 Å². The Hall–Kier alpha value is -2.48. The summed E-state index contributed by atoms with van der Waals surface area (Å²) in [4.78, 5) is 17.2. The molecule has 0 radical (unpaired) electrons. The van der Waals surface area contributed by atoms with Gasteiger partial charge in [0.25, 0.3) is 0 Å². The second kappa shape index (κ2) is 6.79. The second-order valence-electron chi connectivity index (χ2n) is 5.47. The van der Waals surface area contributed by atoms with Gasteiger partial charge >= 0.3 is 12.2 Å². The molecule has 0 saturated carbocycles. The number of hydrogen-bond donors (Lipinski definition) is 1. The van der Waals surface area contributed by atoms with E-state index in [4.69, 9.17) is 16.3 Å². The first-order valence-electron chi connectivity index (χ1n) is 7.32. The number of rotatable bonds is 3. The van der Waals surface area contributed by atoms with Crippen LogP contribution in [0, 0.1) is 0 Å². The molecule has 0 spiro atoms. The molecule has 1 aliphatic heterocycles. The van der Waals surface area contributed by atoms with Gasteiger partial charge in [-0.25, -0.2) is 9.78 Å². The summed E-state index contributed by atoms with van der Waals surface area (Å²) in [5, 5.41) is 3.21. The predicted molar refractivity (Wildman–Crippen MR) is 85.7 cm³/mol. The summed E-state index contributed by atoms with van der Waals surface area (Å²) in [5.41, 5.74) is -0.262. The minimum atomic E-state index is -4.43. The van der Waals surface area contributed by atoms with Crippen LogP contribution >= 0.6 is 11.6 Å². The van der Waals surface area contributed by atoms with Crippen molar-refractivity contribution < 1.29 is 22.7 Å². The first-order valence-corrected chi connectivity index (χ1v) is 7.70. The van der Waals surface area contributed by atoms with E-state index >= 15 is 0 Å². The van der Waals surface area contributed by atoms with Crippen molar-refractivity contribution in [1.29, 1.82) is 0 Å². The summed E-state index contributed by atoms with van der Waals surface area (Å²) < 4.78 is 42.8. The normalized spacial score (nSPS) is 14.8. The number of benzene rings is 1. The highest BCUT2D eigenvalue weighted by atomic mass is 35.5. The third-order valence-corrected chi connectivity index (χ3v) is 3.80. The van der Waals surface area contributed by atoms with Crippen LogP contribution in [0.3, 0.4) is 0 Å². The molecule has 0 aliphatic carbocycles. The standard InChI is InChI=1S/C16H13ClF3N3O2/c17-11-2-1-3-12(6-11)22-15(24)23-8-13(9-23)25-14-5-4-10(7-21-14)16(18,19)20/h1-7,13H,8-9H2,(H,22,24). The Kier molecular flexibility index (Phi) is 4.71. The number of carbonyl (C=O) groups excluding carboxylic acids is 1. The molecular formula is C16H13ClF3N3O2. The lowest BCUT2D eigenvalue weighted by Crippen LogP contribution is -2.57. The predicted octanol–water partition coefficient (Wildman–Crippen LogP) is 4.05. The fraction of sp³-hybridized carbons (Fsp3) is 0.250. The van der Waals surface area contributed by atoms with Gasteiger partial charge in [-0.05, 0) is 24.3 Å². The van der Waals surface area contributed by atoms with Crippen LogP contribution in [0.4, 0.5) is 23.7 Å². The maximum atomic E-state index is 12.5. The van der Waals surface area contributed by atoms with Gasteiger partial charge < -0.3 is 15.0 Å². The first-order chi connectivity index (χ1) is 11.8. The van der Waals surface area contributed by atoms with Crippen LogP contribution in [-0.2, 0) is 6.18 Å². The fourth-order valence-corrected chi connectivity index (χ4v) is 2.43. The van der Waals surface area contributed by atoms with E-state index in [-0.39, 0.29) is 18.0 Å². The van der Waals surface area contributed by atoms with E-state index in [0.29, 0.717) is 23.8 Å². The van der Waals surface area contributed by atoms with Gasteiger partial charge in [0.15, 0.2) is 0 Å². The lowest BCUT2D eigenvalue weighted by Gasteiger charge is -2.38. The Bertz CT molecular complexity index is 762. The van der Waals surface area contributed by atoms with Crippen LogP contribution in [0.1, 0.15) is 5.56 Å². The van der Waals surface area contributed by atoms with E-state index in [1.165, 1.54) is 4.90 Å². The number of amides is 2. The average molecular weight is 372 g/mol. The number of anilines is 1. The highest BCUT2D eigenvalue weighted by molar-refractivity contribution is 6.30. The van der Waals surface area contributed by atoms with Gasteiger partial charge in [0.05, 0.1) is 18.7 Å². The molecule has 0 bridgehead atoms. The Labute approximate surface area is 146 Å². The van der Waals surface area contributed by atoms with E-state index in [2.05, 4.69) is 10.3 Å². The largest absolute Gasteiger partial charge is 0.471 e. The third-order valence-electron chi connectivity index (χ3n) is 3.56. The van der Waals surface area contributed by atoms with Gasteiger partial charge in [0.2, 0.25) is 5.88 Å². The second-order valence-corrected chi connectivity index (χ2v) is 5.90. The monoisotopic (exact) mass is 371 g/mol. The zero-order valence-corrected chi connectivity index (χ0v) is 13.5. The number of nitrogens with zero attached hydrogens (tertiary/aromatic N) is 2. The topological polar surface area (TPSA) is 54.5 Å². The molecule has 2 heterocycles. The molecule has 1 aliphatic rings. The summed E-state index contributed by atoms with van der Waals surface area (Å²) in [6, 6.07) is 8.52. The highest BCUT2D eigenvalue weighted by Gasteiger charge is 2.34. The maximum absolute atomic E-state index is 12.5. The van der Waals surface area contributed by atoms with Crippen molar-refractivity contribution in [2.24, 2.45) is 0 Å². The number of pyridine rings is 1. The van der Waals surface area contributed by atoms with Crippen molar-refractivity contribution in [3.05, 3.63) is 53.2 Å². The molecule has 132 valence electrons. The Morgan fingerprint density at radius 2 is 2.04 bits per heavy atom. The Balaban J connectivity index is 1.48. The van der Waals surface area contributed by atoms with Crippen molar-refractivity contribution >= 4 is 23.3 Å². The number of nitrogens with one attached hydrogen (secondary N) is 1. The van der Waals surface area contributed by atoms with Crippen LogP contribution in [0.2, 0.25) is 5.02 Å². The minimum Gasteiger partial charge on any atom is -0.471 e. The number of halogens is 4. The summed E-state index contributed by atoms with van der Waals surface area (Å²) in [5.74, 6) is 0.0906.